The van der Waals surface area contributed by atoms with Crippen molar-refractivity contribution in [1.29, 1.82) is 0 Å². The van der Waals surface area contributed by atoms with E-state index < -0.39 is 46.2 Å². The van der Waals surface area contributed by atoms with Crippen LogP contribution in [0.4, 0.5) is 4.79 Å². The Morgan fingerprint density at radius 1 is 1.19 bits per heavy atom. The summed E-state index contributed by atoms with van der Waals surface area (Å²) in [5.74, 6) is -2.68. The second-order valence-corrected chi connectivity index (χ2v) is 8.44. The summed E-state index contributed by atoms with van der Waals surface area (Å²) in [5, 5.41) is 20.9. The van der Waals surface area contributed by atoms with Crippen molar-refractivity contribution in [2.24, 2.45) is 0 Å². The summed E-state index contributed by atoms with van der Waals surface area (Å²) in [6.07, 6.45) is 0.799. The average molecular weight is 454 g/mol. The Hall–Kier alpha value is -3.29. The van der Waals surface area contributed by atoms with Crippen molar-refractivity contribution in [1.82, 2.24) is 20.0 Å². The predicted octanol–water partition coefficient (Wildman–Crippen LogP) is 0.260. The van der Waals surface area contributed by atoms with Gasteiger partial charge in [-0.3, -0.25) is 10.1 Å². The molecule has 5 N–H and O–H groups in total. The normalized spacial score (nSPS) is 14.4. The lowest BCUT2D eigenvalue weighted by Gasteiger charge is -2.26. The average Bonchev–Trinajstić information content (AvgIpc) is 3.18. The molecule has 0 spiro atoms. The summed E-state index contributed by atoms with van der Waals surface area (Å²) >= 11 is 0. The Morgan fingerprint density at radius 2 is 1.84 bits per heavy atom. The van der Waals surface area contributed by atoms with Gasteiger partial charge in [-0.25, -0.2) is 23.0 Å². The maximum Gasteiger partial charge on any atom is 0.513 e. The highest BCUT2D eigenvalue weighted by atomic mass is 32.2. The lowest BCUT2D eigenvalue weighted by Crippen LogP contribution is -2.57. The Bertz CT molecular complexity index is 1020. The van der Waals surface area contributed by atoms with Gasteiger partial charge in [0.2, 0.25) is 10.0 Å². The molecule has 2 rings (SSSR count). The number of sulfonamides is 1. The number of carboxylic acid groups (broad SMARTS) is 2. The molecule has 0 saturated heterocycles. The molecule has 0 bridgehead atoms. The standard InChI is InChI=1S/C18H22N4O8S/c1-10-3-5-13(6-4-10)31(28,29)22-15(16(23)24)11(2)21-14(17(25)30-18(26)27)7-12-8-19-9-20-12/h3-6,8-9,11,14-15,21-22H,7H2,1-2H3,(H,19,20)(H,23,24)(H,26,27)/t11-,14-,15+/m1/s1. The van der Waals surface area contributed by atoms with Gasteiger partial charge in [0.25, 0.3) is 0 Å². The first-order valence-electron chi connectivity index (χ1n) is 8.99. The zero-order valence-electron chi connectivity index (χ0n) is 16.6. The molecule has 31 heavy (non-hydrogen) atoms. The van der Waals surface area contributed by atoms with Crippen molar-refractivity contribution in [3.05, 3.63) is 48.0 Å². The van der Waals surface area contributed by atoms with Crippen LogP contribution in [0.5, 0.6) is 0 Å². The van der Waals surface area contributed by atoms with Crippen molar-refractivity contribution in [2.75, 3.05) is 0 Å². The van der Waals surface area contributed by atoms with E-state index in [4.69, 9.17) is 5.11 Å². The van der Waals surface area contributed by atoms with E-state index in [0.29, 0.717) is 5.69 Å². The number of benzene rings is 1. The highest BCUT2D eigenvalue weighted by molar-refractivity contribution is 7.89. The maximum absolute atomic E-state index is 12.6. The SMILES string of the molecule is Cc1ccc(S(=O)(=O)N[C@H](C(=O)O)[C@@H](C)N[C@H](Cc2cnc[nH]2)C(=O)OC(=O)O)cc1. The number of aryl methyl sites for hydroxylation is 1. The van der Waals surface area contributed by atoms with Crippen LogP contribution in [0.3, 0.4) is 0 Å². The summed E-state index contributed by atoms with van der Waals surface area (Å²) in [7, 11) is -4.19. The van der Waals surface area contributed by atoms with Crippen LogP contribution >= 0.6 is 0 Å². The van der Waals surface area contributed by atoms with E-state index in [1.807, 2.05) is 0 Å². The smallest absolute Gasteiger partial charge is 0.480 e. The minimum Gasteiger partial charge on any atom is -0.480 e. The molecule has 0 aliphatic heterocycles. The number of H-pyrrole nitrogens is 1. The van der Waals surface area contributed by atoms with Gasteiger partial charge in [0.15, 0.2) is 0 Å². The lowest BCUT2D eigenvalue weighted by atomic mass is 10.1. The van der Waals surface area contributed by atoms with Gasteiger partial charge in [0, 0.05) is 24.4 Å². The number of nitrogens with one attached hydrogen (secondary N) is 3. The van der Waals surface area contributed by atoms with E-state index in [0.717, 1.165) is 5.56 Å². The fourth-order valence-corrected chi connectivity index (χ4v) is 3.99. The van der Waals surface area contributed by atoms with Gasteiger partial charge in [0.05, 0.1) is 11.2 Å². The van der Waals surface area contributed by atoms with Crippen LogP contribution in [-0.2, 0) is 30.8 Å². The van der Waals surface area contributed by atoms with Crippen molar-refractivity contribution in [2.45, 2.75) is 43.3 Å². The van der Waals surface area contributed by atoms with Crippen molar-refractivity contribution in [3.63, 3.8) is 0 Å². The number of carboxylic acids is 1. The zero-order chi connectivity index (χ0) is 23.2. The third-order valence-electron chi connectivity index (χ3n) is 4.29. The third-order valence-corrected chi connectivity index (χ3v) is 5.75. The fourth-order valence-electron chi connectivity index (χ4n) is 2.72. The van der Waals surface area contributed by atoms with Gasteiger partial charge in [0.1, 0.15) is 12.1 Å². The van der Waals surface area contributed by atoms with Crippen LogP contribution in [0.1, 0.15) is 18.2 Å². The number of aliphatic carboxylic acids is 1. The largest absolute Gasteiger partial charge is 0.513 e. The first-order valence-corrected chi connectivity index (χ1v) is 10.5. The van der Waals surface area contributed by atoms with Crippen LogP contribution in [0.2, 0.25) is 0 Å². The number of hydrogen-bond acceptors (Lipinski definition) is 8. The second-order valence-electron chi connectivity index (χ2n) is 6.73. The molecule has 1 aromatic heterocycles. The topological polar surface area (TPSA) is 188 Å². The summed E-state index contributed by atoms with van der Waals surface area (Å²) in [6.45, 7) is 3.11. The number of carbonyl (C=O) groups is 3. The van der Waals surface area contributed by atoms with E-state index in [1.165, 1.54) is 31.6 Å². The van der Waals surface area contributed by atoms with Crippen LogP contribution in [0.15, 0.2) is 41.7 Å². The van der Waals surface area contributed by atoms with Crippen molar-refractivity contribution >= 4 is 28.1 Å². The fraction of sp³-hybridized carbons (Fsp3) is 0.333. The summed E-state index contributed by atoms with van der Waals surface area (Å²) < 4.78 is 31.5. The van der Waals surface area contributed by atoms with Crippen LogP contribution in [0.25, 0.3) is 0 Å². The Labute approximate surface area is 177 Å². The Balaban J connectivity index is 2.21. The molecule has 12 nitrogen and oxygen atoms in total. The van der Waals surface area contributed by atoms with E-state index in [2.05, 4.69) is 24.7 Å². The van der Waals surface area contributed by atoms with Crippen molar-refractivity contribution in [3.8, 4) is 0 Å². The highest BCUT2D eigenvalue weighted by Crippen LogP contribution is 2.12. The van der Waals surface area contributed by atoms with Crippen LogP contribution in [0, 0.1) is 6.92 Å². The summed E-state index contributed by atoms with van der Waals surface area (Å²) in [4.78, 5) is 41.0. The number of aromatic amines is 1. The molecule has 0 amide bonds. The molecule has 0 fully saturated rings. The second kappa shape index (κ2) is 10.1. The number of aromatic nitrogens is 2. The maximum atomic E-state index is 12.6. The summed E-state index contributed by atoms with van der Waals surface area (Å²) in [6, 6.07) is 1.69. The van der Waals surface area contributed by atoms with Crippen LogP contribution < -0.4 is 10.0 Å². The number of ether oxygens (including phenoxy) is 1. The molecule has 0 saturated carbocycles. The number of nitrogens with zero attached hydrogens (tertiary/aromatic N) is 1. The monoisotopic (exact) mass is 454 g/mol. The molecule has 0 aliphatic carbocycles. The molecule has 168 valence electrons. The van der Waals surface area contributed by atoms with E-state index in [9.17, 15) is 27.9 Å². The van der Waals surface area contributed by atoms with Gasteiger partial charge in [-0.15, -0.1) is 0 Å². The number of imidazole rings is 1. The van der Waals surface area contributed by atoms with E-state index in [-0.39, 0.29) is 11.3 Å². The molecule has 1 aromatic carbocycles. The van der Waals surface area contributed by atoms with E-state index >= 15 is 0 Å². The van der Waals surface area contributed by atoms with Gasteiger partial charge < -0.3 is 19.9 Å². The zero-order valence-corrected chi connectivity index (χ0v) is 17.4. The molecule has 0 aliphatic rings. The first-order chi connectivity index (χ1) is 14.5. The molecule has 0 unspecified atom stereocenters. The van der Waals surface area contributed by atoms with Crippen LogP contribution in [-0.4, -0.2) is 64.8 Å². The molecule has 13 heteroatoms. The minimum absolute atomic E-state index is 0.104. The number of carbonyl (C=O) groups excluding carboxylic acids is 1. The van der Waals surface area contributed by atoms with Gasteiger partial charge >= 0.3 is 18.1 Å². The number of rotatable bonds is 10. The quantitative estimate of drug-likeness (QED) is 0.246. The first kappa shape index (κ1) is 24.0. The van der Waals surface area contributed by atoms with Gasteiger partial charge in [-0.05, 0) is 26.0 Å². The minimum atomic E-state index is -4.19. The molecule has 2 aromatic rings. The molecule has 0 radical (unpaired) electrons. The molecular weight excluding hydrogens is 432 g/mol. The Kier molecular flexibility index (Phi) is 7.85. The van der Waals surface area contributed by atoms with Gasteiger partial charge in [-0.1, -0.05) is 17.7 Å². The molecule has 3 atom stereocenters. The predicted molar refractivity (Wildman–Crippen MR) is 106 cm³/mol. The van der Waals surface area contributed by atoms with Gasteiger partial charge in [-0.2, -0.15) is 4.72 Å². The van der Waals surface area contributed by atoms with Crippen molar-refractivity contribution < 1.29 is 37.8 Å². The number of esters is 1. The summed E-state index contributed by atoms with van der Waals surface area (Å²) in [5.41, 5.74) is 1.27. The van der Waals surface area contributed by atoms with E-state index in [1.54, 1.807) is 19.1 Å². The highest BCUT2D eigenvalue weighted by Gasteiger charge is 2.34. The number of hydrogen-bond donors (Lipinski definition) is 5. The lowest BCUT2D eigenvalue weighted by molar-refractivity contribution is -0.143. The Morgan fingerprint density at radius 3 is 2.35 bits per heavy atom. The molecule has 1 heterocycles. The third kappa shape index (κ3) is 6.87. The molecular formula is C18H22N4O8S.